The van der Waals surface area contributed by atoms with Crippen LogP contribution in [0.2, 0.25) is 0 Å². The highest BCUT2D eigenvalue weighted by Crippen LogP contribution is 2.25. The van der Waals surface area contributed by atoms with Gasteiger partial charge < -0.3 is 14.5 Å². The predicted octanol–water partition coefficient (Wildman–Crippen LogP) is 3.95. The first kappa shape index (κ1) is 19.4. The van der Waals surface area contributed by atoms with E-state index in [1.165, 1.54) is 19.1 Å². The third kappa shape index (κ3) is 5.58. The number of hydrogen-bond acceptors (Lipinski definition) is 4. The van der Waals surface area contributed by atoms with Gasteiger partial charge in [0.15, 0.2) is 6.10 Å². The number of furan rings is 1. The second-order valence-electron chi connectivity index (χ2n) is 6.83. The fourth-order valence-electron chi connectivity index (χ4n) is 2.14. The molecule has 26 heavy (non-hydrogen) atoms. The minimum Gasteiger partial charge on any atom is -0.457 e. The number of hydrogen-bond donors (Lipinski definition) is 1. The number of esters is 1. The van der Waals surface area contributed by atoms with E-state index in [1.807, 2.05) is 20.8 Å². The lowest BCUT2D eigenvalue weighted by Crippen LogP contribution is -2.46. The quantitative estimate of drug-likeness (QED) is 0.648. The largest absolute Gasteiger partial charge is 0.457 e. The second-order valence-corrected chi connectivity index (χ2v) is 6.83. The Morgan fingerprint density at radius 3 is 2.54 bits per heavy atom. The maximum Gasteiger partial charge on any atom is 0.331 e. The Hall–Kier alpha value is -2.89. The van der Waals surface area contributed by atoms with Crippen molar-refractivity contribution in [3.63, 3.8) is 0 Å². The lowest BCUT2D eigenvalue weighted by atomic mass is 10.1. The maximum absolute atomic E-state index is 13.7. The number of halogens is 1. The van der Waals surface area contributed by atoms with Crippen LogP contribution in [0.15, 0.2) is 46.9 Å². The van der Waals surface area contributed by atoms with Crippen LogP contribution in [0.1, 0.15) is 33.5 Å². The summed E-state index contributed by atoms with van der Waals surface area (Å²) in [6.45, 7) is 7.01. The molecule has 0 aliphatic carbocycles. The first-order valence-corrected chi connectivity index (χ1v) is 8.21. The lowest BCUT2D eigenvalue weighted by molar-refractivity contribution is -0.150. The molecule has 0 bridgehead atoms. The molecular weight excluding hydrogens is 337 g/mol. The van der Waals surface area contributed by atoms with Crippen molar-refractivity contribution in [1.29, 1.82) is 0 Å². The van der Waals surface area contributed by atoms with Gasteiger partial charge in [0, 0.05) is 11.6 Å². The first-order chi connectivity index (χ1) is 12.2. The van der Waals surface area contributed by atoms with Gasteiger partial charge in [0.05, 0.1) is 5.56 Å². The Balaban J connectivity index is 1.97. The van der Waals surface area contributed by atoms with E-state index in [-0.39, 0.29) is 5.91 Å². The number of amides is 1. The smallest absolute Gasteiger partial charge is 0.331 e. The van der Waals surface area contributed by atoms with Crippen LogP contribution in [-0.4, -0.2) is 23.5 Å². The molecule has 0 aliphatic rings. The Morgan fingerprint density at radius 1 is 1.19 bits per heavy atom. The van der Waals surface area contributed by atoms with Crippen molar-refractivity contribution in [2.75, 3.05) is 0 Å². The number of carbonyl (C=O) groups is 2. The summed E-state index contributed by atoms with van der Waals surface area (Å²) in [4.78, 5) is 23.7. The van der Waals surface area contributed by atoms with Crippen LogP contribution in [0.5, 0.6) is 0 Å². The van der Waals surface area contributed by atoms with Crippen molar-refractivity contribution < 1.29 is 23.1 Å². The van der Waals surface area contributed by atoms with Gasteiger partial charge >= 0.3 is 5.97 Å². The van der Waals surface area contributed by atoms with Gasteiger partial charge in [0.25, 0.3) is 5.91 Å². The van der Waals surface area contributed by atoms with E-state index in [4.69, 9.17) is 9.15 Å². The molecule has 0 aliphatic heterocycles. The average Bonchev–Trinajstić information content (AvgIpc) is 3.00. The lowest BCUT2D eigenvalue weighted by Gasteiger charge is -2.22. The molecule has 0 spiro atoms. The van der Waals surface area contributed by atoms with Crippen molar-refractivity contribution >= 4 is 18.0 Å². The van der Waals surface area contributed by atoms with Crippen molar-refractivity contribution in [2.24, 2.45) is 0 Å². The topological polar surface area (TPSA) is 68.5 Å². The van der Waals surface area contributed by atoms with Crippen LogP contribution < -0.4 is 5.32 Å². The molecule has 1 atom stereocenters. The second kappa shape index (κ2) is 7.99. The van der Waals surface area contributed by atoms with Crippen LogP contribution in [0, 0.1) is 5.82 Å². The van der Waals surface area contributed by atoms with Crippen molar-refractivity contribution in [3.05, 3.63) is 54.1 Å². The zero-order chi connectivity index (χ0) is 19.3. The molecule has 2 rings (SSSR count). The van der Waals surface area contributed by atoms with E-state index < -0.39 is 23.4 Å². The third-order valence-electron chi connectivity index (χ3n) is 3.31. The molecule has 0 radical (unpaired) electrons. The SMILES string of the molecule is C[C@@H](OC(=O)/C=C/c1ccc(-c2ccccc2F)o1)C(=O)NC(C)(C)C. The number of rotatable bonds is 5. The Morgan fingerprint density at radius 2 is 1.88 bits per heavy atom. The van der Waals surface area contributed by atoms with E-state index >= 15 is 0 Å². The van der Waals surface area contributed by atoms with Gasteiger partial charge in [-0.15, -0.1) is 0 Å². The molecule has 1 aromatic carbocycles. The first-order valence-electron chi connectivity index (χ1n) is 8.21. The van der Waals surface area contributed by atoms with Gasteiger partial charge in [-0.05, 0) is 58.0 Å². The zero-order valence-corrected chi connectivity index (χ0v) is 15.2. The molecular formula is C20H22FNO4. The van der Waals surface area contributed by atoms with Crippen LogP contribution in [-0.2, 0) is 14.3 Å². The van der Waals surface area contributed by atoms with E-state index in [2.05, 4.69) is 5.32 Å². The Kier molecular flexibility index (Phi) is 5.97. The van der Waals surface area contributed by atoms with E-state index in [0.717, 1.165) is 6.08 Å². The van der Waals surface area contributed by atoms with Crippen molar-refractivity contribution in [1.82, 2.24) is 5.32 Å². The normalized spacial score (nSPS) is 12.8. The molecule has 1 aromatic heterocycles. The minimum atomic E-state index is -0.919. The molecule has 1 amide bonds. The predicted molar refractivity (Wildman–Crippen MR) is 96.6 cm³/mol. The number of ether oxygens (including phenoxy) is 1. The number of carbonyl (C=O) groups excluding carboxylic acids is 2. The van der Waals surface area contributed by atoms with Gasteiger partial charge in [0.2, 0.25) is 0 Å². The summed E-state index contributed by atoms with van der Waals surface area (Å²) < 4.78 is 24.3. The summed E-state index contributed by atoms with van der Waals surface area (Å²) >= 11 is 0. The van der Waals surface area contributed by atoms with Crippen molar-refractivity contribution in [2.45, 2.75) is 39.3 Å². The summed E-state index contributed by atoms with van der Waals surface area (Å²) in [7, 11) is 0. The van der Waals surface area contributed by atoms with Gasteiger partial charge in [0.1, 0.15) is 17.3 Å². The zero-order valence-electron chi connectivity index (χ0n) is 15.2. The highest BCUT2D eigenvalue weighted by Gasteiger charge is 2.21. The van der Waals surface area contributed by atoms with Crippen LogP contribution in [0.3, 0.4) is 0 Å². The molecule has 1 heterocycles. The molecule has 5 nitrogen and oxygen atoms in total. The fraction of sp³-hybridized carbons (Fsp3) is 0.300. The summed E-state index contributed by atoms with van der Waals surface area (Å²) in [5.74, 6) is -0.721. The third-order valence-corrected chi connectivity index (χ3v) is 3.31. The fourth-order valence-corrected chi connectivity index (χ4v) is 2.14. The number of nitrogens with one attached hydrogen (secondary N) is 1. The highest BCUT2D eigenvalue weighted by molar-refractivity contribution is 5.90. The van der Waals surface area contributed by atoms with Gasteiger partial charge in [-0.25, -0.2) is 9.18 Å². The highest BCUT2D eigenvalue weighted by atomic mass is 19.1. The van der Waals surface area contributed by atoms with Gasteiger partial charge in [-0.1, -0.05) is 12.1 Å². The molecule has 0 saturated carbocycles. The Bertz CT molecular complexity index is 817. The summed E-state index contributed by atoms with van der Waals surface area (Å²) in [6.07, 6.45) is 1.64. The monoisotopic (exact) mass is 359 g/mol. The van der Waals surface area contributed by atoms with Gasteiger partial charge in [-0.2, -0.15) is 0 Å². The molecule has 138 valence electrons. The van der Waals surface area contributed by atoms with Crippen LogP contribution in [0.25, 0.3) is 17.4 Å². The molecule has 2 aromatic rings. The van der Waals surface area contributed by atoms with Gasteiger partial charge in [-0.3, -0.25) is 4.79 Å². The molecule has 0 fully saturated rings. The standard InChI is InChI=1S/C20H22FNO4/c1-13(19(24)22-20(2,3)4)25-18(23)12-10-14-9-11-17(26-14)15-7-5-6-8-16(15)21/h5-13H,1-4H3,(H,22,24)/b12-10+/t13-/m1/s1. The van der Waals surface area contributed by atoms with Crippen molar-refractivity contribution in [3.8, 4) is 11.3 Å². The summed E-state index contributed by atoms with van der Waals surface area (Å²) in [5.41, 5.74) is -0.0765. The molecule has 0 unspecified atom stereocenters. The number of benzene rings is 1. The van der Waals surface area contributed by atoms with E-state index in [1.54, 1.807) is 30.3 Å². The summed E-state index contributed by atoms with van der Waals surface area (Å²) in [6, 6.07) is 9.47. The molecule has 6 heteroatoms. The van der Waals surface area contributed by atoms with Crippen LogP contribution >= 0.6 is 0 Å². The van der Waals surface area contributed by atoms with Crippen LogP contribution in [0.4, 0.5) is 4.39 Å². The van der Waals surface area contributed by atoms with E-state index in [9.17, 15) is 14.0 Å². The molecule has 0 saturated heterocycles. The molecule has 1 N–H and O–H groups in total. The average molecular weight is 359 g/mol. The maximum atomic E-state index is 13.7. The summed E-state index contributed by atoms with van der Waals surface area (Å²) in [5, 5.41) is 2.73. The Labute approximate surface area is 151 Å². The van der Waals surface area contributed by atoms with E-state index in [0.29, 0.717) is 17.1 Å². The minimum absolute atomic E-state index is 0.335.